The molecule has 0 spiro atoms. The first-order valence-corrected chi connectivity index (χ1v) is 10.2. The van der Waals surface area contributed by atoms with Gasteiger partial charge in [0.15, 0.2) is 5.60 Å². The molecule has 1 heterocycles. The van der Waals surface area contributed by atoms with Gasteiger partial charge in [-0.25, -0.2) is 9.59 Å². The maximum absolute atomic E-state index is 13.0. The lowest BCUT2D eigenvalue weighted by atomic mass is 10.0. The summed E-state index contributed by atoms with van der Waals surface area (Å²) in [5.74, 6) is -0.636. The number of benzene rings is 2. The van der Waals surface area contributed by atoms with Crippen molar-refractivity contribution in [3.63, 3.8) is 0 Å². The molecule has 182 valence electrons. The van der Waals surface area contributed by atoms with Crippen LogP contribution < -0.4 is 15.2 Å². The number of aromatic nitrogens is 3. The van der Waals surface area contributed by atoms with E-state index in [0.29, 0.717) is 22.7 Å². The number of hydrogen-bond donors (Lipinski definition) is 1. The number of aliphatic carboxylic acids is 1. The van der Waals surface area contributed by atoms with Crippen molar-refractivity contribution in [2.24, 2.45) is 0 Å². The summed E-state index contributed by atoms with van der Waals surface area (Å²) < 4.78 is 49.2. The van der Waals surface area contributed by atoms with Crippen molar-refractivity contribution >= 4 is 5.97 Å². The van der Waals surface area contributed by atoms with Crippen LogP contribution in [0.15, 0.2) is 41.2 Å². The molecule has 0 saturated heterocycles. The van der Waals surface area contributed by atoms with Gasteiger partial charge in [-0.1, -0.05) is 12.1 Å². The molecule has 0 radical (unpaired) electrons. The van der Waals surface area contributed by atoms with Crippen molar-refractivity contribution in [1.82, 2.24) is 14.3 Å². The van der Waals surface area contributed by atoms with E-state index in [9.17, 15) is 27.9 Å². The summed E-state index contributed by atoms with van der Waals surface area (Å²) in [4.78, 5) is 24.4. The molecular weight excluding hydrogens is 455 g/mol. The van der Waals surface area contributed by atoms with E-state index in [2.05, 4.69) is 9.84 Å². The summed E-state index contributed by atoms with van der Waals surface area (Å²) in [6.07, 6.45) is -4.81. The first-order chi connectivity index (χ1) is 15.7. The Morgan fingerprint density at radius 1 is 1.03 bits per heavy atom. The molecule has 1 N–H and O–H groups in total. The lowest BCUT2D eigenvalue weighted by Crippen LogP contribution is -2.38. The van der Waals surface area contributed by atoms with E-state index in [0.717, 1.165) is 22.4 Å². The maximum Gasteiger partial charge on any atom is 0.573 e. The minimum Gasteiger partial charge on any atom is -0.478 e. The van der Waals surface area contributed by atoms with Gasteiger partial charge in [-0.3, -0.25) is 4.57 Å². The van der Waals surface area contributed by atoms with Crippen LogP contribution in [0.25, 0.3) is 5.69 Å². The summed E-state index contributed by atoms with van der Waals surface area (Å²) in [5, 5.41) is 13.6. The molecule has 0 fully saturated rings. The predicted molar refractivity (Wildman–Crippen MR) is 117 cm³/mol. The van der Waals surface area contributed by atoms with Crippen LogP contribution in [0.3, 0.4) is 0 Å². The average molecular weight is 479 g/mol. The maximum atomic E-state index is 13.0. The Labute approximate surface area is 193 Å². The number of hydrogen-bond acceptors (Lipinski definition) is 5. The fraction of sp³-hybridized carbons (Fsp3) is 0.348. The minimum absolute atomic E-state index is 0.185. The highest BCUT2D eigenvalue weighted by Crippen LogP contribution is 2.29. The molecule has 0 saturated carbocycles. The molecule has 8 nitrogen and oxygen atoms in total. The molecule has 11 heteroatoms. The highest BCUT2D eigenvalue weighted by atomic mass is 19.4. The van der Waals surface area contributed by atoms with Crippen LogP contribution in [-0.4, -0.2) is 37.4 Å². The summed E-state index contributed by atoms with van der Waals surface area (Å²) >= 11 is 0. The summed E-state index contributed by atoms with van der Waals surface area (Å²) in [7, 11) is 0. The van der Waals surface area contributed by atoms with Crippen LogP contribution in [0.4, 0.5) is 13.2 Å². The zero-order valence-corrected chi connectivity index (χ0v) is 19.2. The quantitative estimate of drug-likeness (QED) is 0.547. The third-order valence-corrected chi connectivity index (χ3v) is 5.10. The normalized spacial score (nSPS) is 12.0. The van der Waals surface area contributed by atoms with Crippen LogP contribution in [0.2, 0.25) is 0 Å². The van der Waals surface area contributed by atoms with Gasteiger partial charge in [-0.2, -0.15) is 9.78 Å². The topological polar surface area (TPSA) is 95.6 Å². The Morgan fingerprint density at radius 2 is 1.59 bits per heavy atom. The first kappa shape index (κ1) is 24.9. The number of halogens is 3. The molecule has 0 bridgehead atoms. The molecule has 0 unspecified atom stereocenters. The second-order valence-corrected chi connectivity index (χ2v) is 8.35. The lowest BCUT2D eigenvalue weighted by Gasteiger charge is -2.24. The van der Waals surface area contributed by atoms with Gasteiger partial charge in [0.25, 0.3) is 0 Å². The second-order valence-electron chi connectivity index (χ2n) is 8.35. The van der Waals surface area contributed by atoms with Crippen LogP contribution in [-0.2, 0) is 11.3 Å². The van der Waals surface area contributed by atoms with E-state index in [4.69, 9.17) is 4.74 Å². The molecule has 0 atom stereocenters. The van der Waals surface area contributed by atoms with Crippen molar-refractivity contribution in [2.75, 3.05) is 0 Å². The molecule has 3 aromatic rings. The van der Waals surface area contributed by atoms with Gasteiger partial charge in [-0.05, 0) is 75.6 Å². The number of alkyl halides is 3. The number of carbonyl (C=O) groups is 1. The van der Waals surface area contributed by atoms with Gasteiger partial charge in [0.1, 0.15) is 17.3 Å². The average Bonchev–Trinajstić information content (AvgIpc) is 2.98. The highest BCUT2D eigenvalue weighted by Gasteiger charge is 2.31. The van der Waals surface area contributed by atoms with Gasteiger partial charge < -0.3 is 14.6 Å². The Morgan fingerprint density at radius 3 is 2.09 bits per heavy atom. The molecule has 0 amide bonds. The highest BCUT2D eigenvalue weighted by molar-refractivity contribution is 5.77. The predicted octanol–water partition coefficient (Wildman–Crippen LogP) is 4.15. The molecule has 3 rings (SSSR count). The molecule has 0 aliphatic carbocycles. The third kappa shape index (κ3) is 5.41. The largest absolute Gasteiger partial charge is 0.573 e. The molecule has 2 aromatic carbocycles. The smallest absolute Gasteiger partial charge is 0.478 e. The first-order valence-electron chi connectivity index (χ1n) is 10.2. The van der Waals surface area contributed by atoms with Gasteiger partial charge >= 0.3 is 18.0 Å². The zero-order chi connectivity index (χ0) is 25.4. The van der Waals surface area contributed by atoms with Crippen LogP contribution >= 0.6 is 0 Å². The summed E-state index contributed by atoms with van der Waals surface area (Å²) in [5.41, 5.74) is 0.601. The minimum atomic E-state index is -4.81. The molecule has 0 aliphatic heterocycles. The van der Waals surface area contributed by atoms with E-state index in [1.165, 1.54) is 30.5 Å². The SMILES string of the molecule is Cc1cc(Cn2c(C)nn(-c3ccc(OC(F)(F)F)cc3)c2=O)cc(C)c1OC(C)(C)C(=O)O. The van der Waals surface area contributed by atoms with Gasteiger partial charge in [0, 0.05) is 0 Å². The molecular formula is C23H24F3N3O5. The lowest BCUT2D eigenvalue weighted by molar-refractivity contribution is -0.274. The van der Waals surface area contributed by atoms with Gasteiger partial charge in [-0.15, -0.1) is 13.2 Å². The van der Waals surface area contributed by atoms with E-state index < -0.39 is 29.4 Å². The van der Waals surface area contributed by atoms with Crippen molar-refractivity contribution < 1.29 is 32.5 Å². The Kier molecular flexibility index (Phi) is 6.50. The van der Waals surface area contributed by atoms with Crippen molar-refractivity contribution in [3.8, 4) is 17.2 Å². The van der Waals surface area contributed by atoms with Crippen molar-refractivity contribution in [2.45, 2.75) is 53.1 Å². The number of nitrogens with zero attached hydrogens (tertiary/aromatic N) is 3. The second kappa shape index (κ2) is 8.88. The van der Waals surface area contributed by atoms with E-state index in [1.807, 2.05) is 0 Å². The molecule has 34 heavy (non-hydrogen) atoms. The Bertz CT molecular complexity index is 1250. The zero-order valence-electron chi connectivity index (χ0n) is 19.2. The van der Waals surface area contributed by atoms with E-state index >= 15 is 0 Å². The Balaban J connectivity index is 1.88. The van der Waals surface area contributed by atoms with Crippen LogP contribution in [0.1, 0.15) is 36.4 Å². The number of ether oxygens (including phenoxy) is 2. The van der Waals surface area contributed by atoms with Crippen LogP contribution in [0, 0.1) is 20.8 Å². The van der Waals surface area contributed by atoms with Crippen LogP contribution in [0.5, 0.6) is 11.5 Å². The van der Waals surface area contributed by atoms with Gasteiger partial charge in [0.05, 0.1) is 12.2 Å². The van der Waals surface area contributed by atoms with Gasteiger partial charge in [0.2, 0.25) is 0 Å². The number of aryl methyl sites for hydroxylation is 3. The molecule has 0 aliphatic rings. The molecule has 1 aromatic heterocycles. The third-order valence-electron chi connectivity index (χ3n) is 5.10. The number of carboxylic acids is 1. The van der Waals surface area contributed by atoms with E-state index in [1.54, 1.807) is 32.9 Å². The fourth-order valence-corrected chi connectivity index (χ4v) is 3.41. The number of rotatable bonds is 7. The fourth-order valence-electron chi connectivity index (χ4n) is 3.41. The van der Waals surface area contributed by atoms with E-state index in [-0.39, 0.29) is 12.2 Å². The summed E-state index contributed by atoms with van der Waals surface area (Å²) in [6.45, 7) is 8.32. The number of carboxylic acid groups (broad SMARTS) is 1. The standard InChI is InChI=1S/C23H24F3N3O5/c1-13-10-16(11-14(2)19(13)34-22(4,5)20(30)31)12-28-15(3)27-29(21(28)32)17-6-8-18(9-7-17)33-23(24,25)26/h6-11H,12H2,1-5H3,(H,30,31). The van der Waals surface area contributed by atoms with Crippen molar-refractivity contribution in [3.05, 3.63) is 69.4 Å². The Hall–Kier alpha value is -3.76. The van der Waals surface area contributed by atoms with Crippen molar-refractivity contribution in [1.29, 1.82) is 0 Å². The summed E-state index contributed by atoms with van der Waals surface area (Å²) in [6, 6.07) is 8.43. The monoisotopic (exact) mass is 479 g/mol.